The molecule has 0 aliphatic carbocycles. The lowest BCUT2D eigenvalue weighted by Gasteiger charge is -2.17. The third-order valence-electron chi connectivity index (χ3n) is 2.82. The van der Waals surface area contributed by atoms with Crippen molar-refractivity contribution in [2.75, 3.05) is 6.54 Å². The summed E-state index contributed by atoms with van der Waals surface area (Å²) >= 11 is 0. The van der Waals surface area contributed by atoms with Crippen LogP contribution in [0.25, 0.3) is 0 Å². The van der Waals surface area contributed by atoms with E-state index in [4.69, 9.17) is 0 Å². The summed E-state index contributed by atoms with van der Waals surface area (Å²) in [6.45, 7) is 3.10. The largest absolute Gasteiger partial charge is 0.309 e. The Morgan fingerprint density at radius 1 is 1.28 bits per heavy atom. The van der Waals surface area contributed by atoms with Crippen molar-refractivity contribution in [3.63, 3.8) is 0 Å². The molecule has 0 amide bonds. The molecular weight excluding hydrogens is 228 g/mol. The molecule has 0 aromatic carbocycles. The number of hydrogen-bond donors (Lipinski definition) is 1. The van der Waals surface area contributed by atoms with Gasteiger partial charge in [0.25, 0.3) is 0 Å². The van der Waals surface area contributed by atoms with Gasteiger partial charge in [-0.2, -0.15) is 5.10 Å². The van der Waals surface area contributed by atoms with E-state index in [1.165, 1.54) is 0 Å². The lowest BCUT2D eigenvalue weighted by atomic mass is 10.1. The quantitative estimate of drug-likeness (QED) is 0.819. The van der Waals surface area contributed by atoms with Gasteiger partial charge in [0.15, 0.2) is 0 Å². The molecule has 1 N–H and O–H groups in total. The van der Waals surface area contributed by atoms with Crippen molar-refractivity contribution in [1.29, 1.82) is 0 Å². The fraction of sp³-hybridized carbons (Fsp3) is 0.500. The molecule has 0 saturated heterocycles. The second-order valence-electron chi connectivity index (χ2n) is 4.18. The number of aromatic nitrogens is 5. The molecule has 0 aliphatic rings. The van der Waals surface area contributed by atoms with Crippen LogP contribution in [0.15, 0.2) is 25.0 Å². The second kappa shape index (κ2) is 6.20. The Hall–Kier alpha value is -1.82. The maximum absolute atomic E-state index is 4.26. The summed E-state index contributed by atoms with van der Waals surface area (Å²) in [6, 6.07) is 0.175. The van der Waals surface area contributed by atoms with Crippen molar-refractivity contribution in [3.05, 3.63) is 36.4 Å². The van der Waals surface area contributed by atoms with Gasteiger partial charge in [0.2, 0.25) is 0 Å². The Balaban J connectivity index is 2.13. The molecule has 0 aliphatic heterocycles. The van der Waals surface area contributed by atoms with Crippen LogP contribution >= 0.6 is 0 Å². The van der Waals surface area contributed by atoms with Crippen molar-refractivity contribution in [1.82, 2.24) is 30.0 Å². The number of nitrogens with one attached hydrogen (secondary N) is 1. The maximum Gasteiger partial charge on any atom is 0.138 e. The smallest absolute Gasteiger partial charge is 0.138 e. The molecule has 6 heteroatoms. The fourth-order valence-electron chi connectivity index (χ4n) is 1.80. The first-order valence-corrected chi connectivity index (χ1v) is 6.12. The Morgan fingerprint density at radius 2 is 2.06 bits per heavy atom. The van der Waals surface area contributed by atoms with Gasteiger partial charge in [-0.15, -0.1) is 0 Å². The minimum Gasteiger partial charge on any atom is -0.309 e. The molecule has 18 heavy (non-hydrogen) atoms. The first-order chi connectivity index (χ1) is 8.81. The molecular formula is C12H18N6. The highest BCUT2D eigenvalue weighted by molar-refractivity contribution is 5.11. The molecule has 1 atom stereocenters. The average Bonchev–Trinajstić information content (AvgIpc) is 2.81. The molecule has 2 heterocycles. The predicted molar refractivity (Wildman–Crippen MR) is 67.8 cm³/mol. The van der Waals surface area contributed by atoms with Crippen LogP contribution in [0.2, 0.25) is 0 Å². The molecule has 0 radical (unpaired) electrons. The zero-order valence-corrected chi connectivity index (χ0v) is 10.7. The number of hydrogen-bond acceptors (Lipinski definition) is 5. The van der Waals surface area contributed by atoms with E-state index in [1.807, 2.05) is 19.4 Å². The lowest BCUT2D eigenvalue weighted by Crippen LogP contribution is -2.25. The van der Waals surface area contributed by atoms with E-state index in [0.29, 0.717) is 0 Å². The van der Waals surface area contributed by atoms with Crippen LogP contribution in [0.4, 0.5) is 0 Å². The SMILES string of the molecule is CCCNC(Cc1ncnn1C)c1cncnc1. The van der Waals surface area contributed by atoms with Crippen LogP contribution in [0.5, 0.6) is 0 Å². The Bertz CT molecular complexity index is 466. The number of rotatable bonds is 6. The van der Waals surface area contributed by atoms with E-state index in [9.17, 15) is 0 Å². The summed E-state index contributed by atoms with van der Waals surface area (Å²) in [7, 11) is 1.90. The normalized spacial score (nSPS) is 12.6. The summed E-state index contributed by atoms with van der Waals surface area (Å²) in [4.78, 5) is 12.4. The monoisotopic (exact) mass is 246 g/mol. The van der Waals surface area contributed by atoms with Crippen molar-refractivity contribution in [2.24, 2.45) is 7.05 Å². The second-order valence-corrected chi connectivity index (χ2v) is 4.18. The van der Waals surface area contributed by atoms with Gasteiger partial charge < -0.3 is 5.32 Å². The molecule has 96 valence electrons. The molecule has 0 bridgehead atoms. The van der Waals surface area contributed by atoms with Crippen molar-refractivity contribution >= 4 is 0 Å². The highest BCUT2D eigenvalue weighted by Crippen LogP contribution is 2.15. The van der Waals surface area contributed by atoms with Gasteiger partial charge in [0, 0.05) is 37.5 Å². The van der Waals surface area contributed by atoms with Crippen LogP contribution in [-0.2, 0) is 13.5 Å². The lowest BCUT2D eigenvalue weighted by molar-refractivity contribution is 0.504. The zero-order valence-electron chi connectivity index (χ0n) is 10.7. The fourth-order valence-corrected chi connectivity index (χ4v) is 1.80. The van der Waals surface area contributed by atoms with Crippen molar-refractivity contribution < 1.29 is 0 Å². The van der Waals surface area contributed by atoms with E-state index < -0.39 is 0 Å². The predicted octanol–water partition coefficient (Wildman–Crippen LogP) is 0.888. The van der Waals surface area contributed by atoms with E-state index in [0.717, 1.165) is 30.8 Å². The Labute approximate surface area is 106 Å². The highest BCUT2D eigenvalue weighted by atomic mass is 15.3. The van der Waals surface area contributed by atoms with Crippen LogP contribution in [0.3, 0.4) is 0 Å². The van der Waals surface area contributed by atoms with Gasteiger partial charge in [-0.3, -0.25) is 4.68 Å². The van der Waals surface area contributed by atoms with Gasteiger partial charge in [0.1, 0.15) is 18.5 Å². The Morgan fingerprint density at radius 3 is 2.67 bits per heavy atom. The van der Waals surface area contributed by atoms with E-state index >= 15 is 0 Å². The third kappa shape index (κ3) is 3.10. The zero-order chi connectivity index (χ0) is 12.8. The minimum absolute atomic E-state index is 0.175. The summed E-state index contributed by atoms with van der Waals surface area (Å²) in [6.07, 6.45) is 8.68. The first kappa shape index (κ1) is 12.6. The highest BCUT2D eigenvalue weighted by Gasteiger charge is 2.14. The first-order valence-electron chi connectivity index (χ1n) is 6.12. The van der Waals surface area contributed by atoms with Gasteiger partial charge in [-0.05, 0) is 13.0 Å². The van der Waals surface area contributed by atoms with Crippen LogP contribution in [-0.4, -0.2) is 31.3 Å². The minimum atomic E-state index is 0.175. The third-order valence-corrected chi connectivity index (χ3v) is 2.82. The molecule has 6 nitrogen and oxygen atoms in total. The van der Waals surface area contributed by atoms with Crippen molar-refractivity contribution in [3.8, 4) is 0 Å². The van der Waals surface area contributed by atoms with E-state index in [2.05, 4.69) is 32.3 Å². The molecule has 0 saturated carbocycles. The molecule has 2 aromatic rings. The van der Waals surface area contributed by atoms with Crippen LogP contribution in [0.1, 0.15) is 30.8 Å². The molecule has 2 aromatic heterocycles. The summed E-state index contributed by atoms with van der Waals surface area (Å²) in [5.41, 5.74) is 1.08. The summed E-state index contributed by atoms with van der Waals surface area (Å²) in [5.74, 6) is 0.951. The van der Waals surface area contributed by atoms with Crippen LogP contribution in [0, 0.1) is 0 Å². The summed E-state index contributed by atoms with van der Waals surface area (Å²) < 4.78 is 1.80. The topological polar surface area (TPSA) is 68.5 Å². The van der Waals surface area contributed by atoms with E-state index in [-0.39, 0.29) is 6.04 Å². The van der Waals surface area contributed by atoms with Crippen molar-refractivity contribution in [2.45, 2.75) is 25.8 Å². The molecule has 1 unspecified atom stereocenters. The number of aryl methyl sites for hydroxylation is 1. The maximum atomic E-state index is 4.26. The van der Waals surface area contributed by atoms with E-state index in [1.54, 1.807) is 17.3 Å². The Kier molecular flexibility index (Phi) is 4.35. The van der Waals surface area contributed by atoms with Gasteiger partial charge in [0.05, 0.1) is 0 Å². The molecule has 0 fully saturated rings. The summed E-state index contributed by atoms with van der Waals surface area (Å²) in [5, 5.41) is 7.58. The molecule has 0 spiro atoms. The average molecular weight is 246 g/mol. The standard InChI is InChI=1S/C12H18N6/c1-3-4-15-11(10-6-13-8-14-7-10)5-12-16-9-17-18(12)2/h6-9,11,15H,3-5H2,1-2H3. The number of nitrogens with zero attached hydrogens (tertiary/aromatic N) is 5. The molecule has 2 rings (SSSR count). The van der Waals surface area contributed by atoms with Gasteiger partial charge in [-0.25, -0.2) is 15.0 Å². The van der Waals surface area contributed by atoms with Crippen LogP contribution < -0.4 is 5.32 Å². The van der Waals surface area contributed by atoms with Gasteiger partial charge in [-0.1, -0.05) is 6.92 Å². The van der Waals surface area contributed by atoms with Gasteiger partial charge >= 0.3 is 0 Å².